The number of carbonyl (C=O) groups excluding carboxylic acids is 1. The zero-order valence-electron chi connectivity index (χ0n) is 13.2. The van der Waals surface area contributed by atoms with Crippen LogP contribution >= 0.6 is 0 Å². The molecule has 0 bridgehead atoms. The van der Waals surface area contributed by atoms with E-state index in [1.165, 1.54) is 0 Å². The topological polar surface area (TPSA) is 81.2 Å². The number of aromatic nitrogens is 1. The molecule has 124 valence electrons. The summed E-state index contributed by atoms with van der Waals surface area (Å²) in [7, 11) is 0. The van der Waals surface area contributed by atoms with Gasteiger partial charge in [0.1, 0.15) is 0 Å². The summed E-state index contributed by atoms with van der Waals surface area (Å²) < 4.78 is 6.28. The zero-order valence-corrected chi connectivity index (χ0v) is 13.2. The smallest absolute Gasteiger partial charge is 0.361 e. The predicted octanol–water partition coefficient (Wildman–Crippen LogP) is 1.51. The molecular weight excluding hydrogens is 306 g/mol. The highest BCUT2D eigenvalue weighted by Crippen LogP contribution is 2.12. The van der Waals surface area contributed by atoms with Gasteiger partial charge in [-0.3, -0.25) is 4.79 Å². The highest BCUT2D eigenvalue weighted by Gasteiger charge is 2.16. The molecule has 0 aliphatic heterocycles. The molecule has 0 saturated heterocycles. The highest BCUT2D eigenvalue weighted by atomic mass is 16.5. The largest absolute Gasteiger partial charge is 0.616 e. The number of benzene rings is 2. The van der Waals surface area contributed by atoms with E-state index in [2.05, 4.69) is 10.6 Å². The molecule has 3 rings (SSSR count). The van der Waals surface area contributed by atoms with Crippen molar-refractivity contribution in [2.75, 3.05) is 13.1 Å². The van der Waals surface area contributed by atoms with Crippen LogP contribution < -0.4 is 15.4 Å². The van der Waals surface area contributed by atoms with Crippen molar-refractivity contribution in [3.8, 4) is 0 Å². The molecule has 0 spiro atoms. The van der Waals surface area contributed by atoms with E-state index in [0.29, 0.717) is 36.5 Å². The third-order valence-electron chi connectivity index (χ3n) is 3.66. The second-order valence-electron chi connectivity index (χ2n) is 5.45. The van der Waals surface area contributed by atoms with E-state index in [4.69, 9.17) is 4.42 Å². The van der Waals surface area contributed by atoms with E-state index >= 15 is 0 Å². The predicted molar refractivity (Wildman–Crippen MR) is 90.0 cm³/mol. The maximum Gasteiger partial charge on any atom is 0.361 e. The van der Waals surface area contributed by atoms with Crippen LogP contribution in [0, 0.1) is 5.21 Å². The zero-order chi connectivity index (χ0) is 16.8. The number of nitrogens with zero attached hydrogens (tertiary/aromatic N) is 1. The van der Waals surface area contributed by atoms with Gasteiger partial charge >= 0.3 is 5.89 Å². The summed E-state index contributed by atoms with van der Waals surface area (Å²) in [5.74, 6) is 0.188. The molecule has 1 amide bonds. The third-order valence-corrected chi connectivity index (χ3v) is 3.66. The van der Waals surface area contributed by atoms with E-state index in [9.17, 15) is 10.0 Å². The molecule has 0 atom stereocenters. The van der Waals surface area contributed by atoms with E-state index < -0.39 is 0 Å². The number of oxazole rings is 1. The molecule has 3 aromatic rings. The molecule has 24 heavy (non-hydrogen) atoms. The lowest BCUT2D eigenvalue weighted by molar-refractivity contribution is -0.592. The summed E-state index contributed by atoms with van der Waals surface area (Å²) in [6.45, 7) is 1.22. The summed E-state index contributed by atoms with van der Waals surface area (Å²) in [4.78, 5) is 11.8. The van der Waals surface area contributed by atoms with Crippen molar-refractivity contribution in [3.05, 3.63) is 71.3 Å². The van der Waals surface area contributed by atoms with Gasteiger partial charge in [0, 0.05) is 19.2 Å². The van der Waals surface area contributed by atoms with Crippen LogP contribution in [0.15, 0.2) is 59.0 Å². The Kier molecular flexibility index (Phi) is 5.08. The molecular formula is C18H19N3O3. The minimum absolute atomic E-state index is 0.112. The summed E-state index contributed by atoms with van der Waals surface area (Å²) in [6.07, 6.45) is 0.350. The lowest BCUT2D eigenvalue weighted by Gasteiger charge is -2.05. The number of fused-ring (bicyclic) bond motifs is 1. The van der Waals surface area contributed by atoms with Crippen LogP contribution in [0.3, 0.4) is 0 Å². The van der Waals surface area contributed by atoms with Crippen molar-refractivity contribution in [3.63, 3.8) is 0 Å². The normalized spacial score (nSPS) is 10.8. The lowest BCUT2D eigenvalue weighted by atomic mass is 10.2. The van der Waals surface area contributed by atoms with Crippen LogP contribution in [0.4, 0.5) is 0 Å². The van der Waals surface area contributed by atoms with E-state index in [1.54, 1.807) is 18.2 Å². The van der Waals surface area contributed by atoms with Crippen molar-refractivity contribution < 1.29 is 13.9 Å². The number of hydrogen-bond acceptors (Lipinski definition) is 4. The Labute approximate surface area is 139 Å². The summed E-state index contributed by atoms with van der Waals surface area (Å²) in [6, 6.07) is 16.9. The first-order valence-electron chi connectivity index (χ1n) is 7.85. The standard InChI is InChI=1S/C18H19N3O3/c22-17(13-19-12-14-6-2-1-3-7-14)20-11-10-18-21(23)15-8-4-5-9-16(15)24-18/h1-9,19H,10-13H2,(H,20,22). The number of carbonyl (C=O) groups is 1. The van der Waals surface area contributed by atoms with Gasteiger partial charge in [-0.15, -0.1) is 4.73 Å². The van der Waals surface area contributed by atoms with E-state index in [1.807, 2.05) is 36.4 Å². The van der Waals surface area contributed by atoms with Gasteiger partial charge in [-0.1, -0.05) is 42.5 Å². The highest BCUT2D eigenvalue weighted by molar-refractivity contribution is 5.77. The maximum absolute atomic E-state index is 12.0. The fraction of sp³-hybridized carbons (Fsp3) is 0.222. The lowest BCUT2D eigenvalue weighted by Crippen LogP contribution is -2.36. The molecule has 0 saturated carbocycles. The molecule has 0 fully saturated rings. The summed E-state index contributed by atoms with van der Waals surface area (Å²) in [5, 5.41) is 17.9. The summed E-state index contributed by atoms with van der Waals surface area (Å²) >= 11 is 0. The van der Waals surface area contributed by atoms with Crippen molar-refractivity contribution in [1.29, 1.82) is 0 Å². The van der Waals surface area contributed by atoms with Gasteiger partial charge < -0.3 is 20.3 Å². The SMILES string of the molecule is O=C(CNCc1ccccc1)NCCc1oc2ccccc2[n+]1[O-]. The Balaban J connectivity index is 1.42. The quantitative estimate of drug-likeness (QED) is 0.510. The van der Waals surface area contributed by atoms with Crippen LogP contribution in [-0.2, 0) is 17.8 Å². The van der Waals surface area contributed by atoms with Crippen LogP contribution in [0.25, 0.3) is 11.1 Å². The van der Waals surface area contributed by atoms with Crippen LogP contribution in [0.2, 0.25) is 0 Å². The maximum atomic E-state index is 12.0. The minimum atomic E-state index is -0.112. The number of rotatable bonds is 7. The molecule has 0 radical (unpaired) electrons. The Morgan fingerprint density at radius 2 is 1.83 bits per heavy atom. The van der Waals surface area contributed by atoms with Gasteiger partial charge in [0.25, 0.3) is 5.52 Å². The molecule has 6 nitrogen and oxygen atoms in total. The van der Waals surface area contributed by atoms with E-state index in [-0.39, 0.29) is 12.5 Å². The number of amides is 1. The van der Waals surface area contributed by atoms with Gasteiger partial charge in [-0.05, 0) is 11.6 Å². The molecule has 1 aromatic heterocycles. The second-order valence-corrected chi connectivity index (χ2v) is 5.45. The third kappa shape index (κ3) is 3.91. The molecule has 0 aliphatic carbocycles. The Morgan fingerprint density at radius 3 is 2.62 bits per heavy atom. The van der Waals surface area contributed by atoms with Gasteiger partial charge in [0.2, 0.25) is 11.5 Å². The Hall–Kier alpha value is -2.86. The summed E-state index contributed by atoms with van der Waals surface area (Å²) in [5.41, 5.74) is 2.18. The van der Waals surface area contributed by atoms with Crippen molar-refractivity contribution in [2.45, 2.75) is 13.0 Å². The number of nitrogens with one attached hydrogen (secondary N) is 2. The Bertz CT molecular complexity index is 815. The Morgan fingerprint density at radius 1 is 1.08 bits per heavy atom. The monoisotopic (exact) mass is 325 g/mol. The molecule has 2 aromatic carbocycles. The molecule has 0 unspecified atom stereocenters. The van der Waals surface area contributed by atoms with Gasteiger partial charge in [-0.25, -0.2) is 0 Å². The second kappa shape index (κ2) is 7.61. The van der Waals surface area contributed by atoms with Gasteiger partial charge in [0.15, 0.2) is 0 Å². The molecule has 1 heterocycles. The van der Waals surface area contributed by atoms with Crippen LogP contribution in [0.1, 0.15) is 11.5 Å². The molecule has 6 heteroatoms. The fourth-order valence-corrected chi connectivity index (χ4v) is 2.45. The molecule has 2 N–H and O–H groups in total. The van der Waals surface area contributed by atoms with Crippen molar-refractivity contribution in [1.82, 2.24) is 10.6 Å². The van der Waals surface area contributed by atoms with Crippen LogP contribution in [-0.4, -0.2) is 19.0 Å². The first kappa shape index (κ1) is 16.0. The van der Waals surface area contributed by atoms with E-state index in [0.717, 1.165) is 10.3 Å². The van der Waals surface area contributed by atoms with Gasteiger partial charge in [-0.2, -0.15) is 0 Å². The minimum Gasteiger partial charge on any atom is -0.616 e. The average Bonchev–Trinajstić information content (AvgIpc) is 2.92. The first-order chi connectivity index (χ1) is 11.7. The average molecular weight is 325 g/mol. The first-order valence-corrected chi connectivity index (χ1v) is 7.85. The molecule has 0 aliphatic rings. The van der Waals surface area contributed by atoms with Crippen LogP contribution in [0.5, 0.6) is 0 Å². The van der Waals surface area contributed by atoms with Crippen molar-refractivity contribution in [2.24, 2.45) is 0 Å². The number of hydrogen-bond donors (Lipinski definition) is 2. The number of para-hydroxylation sites is 2. The van der Waals surface area contributed by atoms with Crippen molar-refractivity contribution >= 4 is 17.0 Å². The fourth-order valence-electron chi connectivity index (χ4n) is 2.45. The van der Waals surface area contributed by atoms with Gasteiger partial charge in [0.05, 0.1) is 13.0 Å².